The monoisotopic (exact) mass is 164 g/mol. The van der Waals surface area contributed by atoms with Gasteiger partial charge in [0, 0.05) is 17.5 Å². The maximum absolute atomic E-state index is 8.77. The van der Waals surface area contributed by atoms with Crippen molar-refractivity contribution >= 4 is 24.5 Å². The molecular formula is C7H9BN2O2. The van der Waals surface area contributed by atoms with Crippen molar-refractivity contribution in [1.82, 2.24) is 0 Å². The van der Waals surface area contributed by atoms with Crippen molar-refractivity contribution in [3.63, 3.8) is 0 Å². The van der Waals surface area contributed by atoms with Gasteiger partial charge in [-0.15, -0.1) is 0 Å². The van der Waals surface area contributed by atoms with Gasteiger partial charge in [-0.2, -0.15) is 0 Å². The van der Waals surface area contributed by atoms with E-state index in [9.17, 15) is 0 Å². The predicted molar refractivity (Wildman–Crippen MR) is 48.6 cm³/mol. The number of nitrogens with two attached hydrogens (primary N) is 1. The van der Waals surface area contributed by atoms with Crippen molar-refractivity contribution in [2.24, 2.45) is 0 Å². The van der Waals surface area contributed by atoms with E-state index in [4.69, 9.17) is 21.2 Å². The molecule has 0 aliphatic carbocycles. The van der Waals surface area contributed by atoms with E-state index in [0.29, 0.717) is 16.7 Å². The Bertz CT molecular complexity index is 301. The smallest absolute Gasteiger partial charge is 0.423 e. The first kappa shape index (κ1) is 8.77. The molecule has 0 aromatic heterocycles. The third-order valence-electron chi connectivity index (χ3n) is 1.56. The summed E-state index contributed by atoms with van der Waals surface area (Å²) in [5.74, 6) is 0. The Labute approximate surface area is 70.3 Å². The van der Waals surface area contributed by atoms with Crippen LogP contribution in [-0.2, 0) is 0 Å². The van der Waals surface area contributed by atoms with Crippen molar-refractivity contribution in [3.05, 3.63) is 23.8 Å². The van der Waals surface area contributed by atoms with Crippen molar-refractivity contribution in [3.8, 4) is 0 Å². The van der Waals surface area contributed by atoms with E-state index in [2.05, 4.69) is 0 Å². The zero-order valence-electron chi connectivity index (χ0n) is 6.36. The molecule has 0 saturated carbocycles. The Morgan fingerprint density at radius 2 is 2.08 bits per heavy atom. The third-order valence-corrected chi connectivity index (χ3v) is 1.56. The van der Waals surface area contributed by atoms with E-state index in [0.717, 1.165) is 6.21 Å². The summed E-state index contributed by atoms with van der Waals surface area (Å²) in [6.07, 6.45) is 1.07. The largest absolute Gasteiger partial charge is 0.488 e. The third kappa shape index (κ3) is 1.64. The van der Waals surface area contributed by atoms with Crippen LogP contribution in [0.1, 0.15) is 5.56 Å². The molecule has 0 heterocycles. The van der Waals surface area contributed by atoms with Crippen LogP contribution in [0.25, 0.3) is 0 Å². The van der Waals surface area contributed by atoms with Crippen LogP contribution in [0.2, 0.25) is 0 Å². The van der Waals surface area contributed by atoms with Crippen LogP contribution in [0.15, 0.2) is 18.2 Å². The van der Waals surface area contributed by atoms with Gasteiger partial charge in [-0.25, -0.2) is 0 Å². The van der Waals surface area contributed by atoms with E-state index >= 15 is 0 Å². The molecule has 12 heavy (non-hydrogen) atoms. The van der Waals surface area contributed by atoms with Gasteiger partial charge in [0.1, 0.15) is 0 Å². The summed E-state index contributed by atoms with van der Waals surface area (Å²) in [7, 11) is -1.51. The van der Waals surface area contributed by atoms with Crippen LogP contribution in [0, 0.1) is 5.41 Å². The molecule has 1 aromatic rings. The highest BCUT2D eigenvalue weighted by Gasteiger charge is 2.11. The van der Waals surface area contributed by atoms with Crippen LogP contribution < -0.4 is 11.2 Å². The van der Waals surface area contributed by atoms with E-state index in [-0.39, 0.29) is 0 Å². The molecule has 0 atom stereocenters. The summed E-state index contributed by atoms with van der Waals surface area (Å²) in [5.41, 5.74) is 6.76. The molecule has 0 unspecified atom stereocenters. The minimum absolute atomic E-state index is 0.336. The van der Waals surface area contributed by atoms with Crippen LogP contribution in [0.4, 0.5) is 5.69 Å². The zero-order chi connectivity index (χ0) is 9.14. The molecule has 0 radical (unpaired) electrons. The summed E-state index contributed by atoms with van der Waals surface area (Å²) in [6, 6.07) is 4.51. The highest BCUT2D eigenvalue weighted by molar-refractivity contribution is 6.58. The lowest BCUT2D eigenvalue weighted by Crippen LogP contribution is -2.30. The Hall–Kier alpha value is -1.33. The molecule has 1 rings (SSSR count). The maximum atomic E-state index is 8.77. The summed E-state index contributed by atoms with van der Waals surface area (Å²) in [4.78, 5) is 0. The highest BCUT2D eigenvalue weighted by atomic mass is 16.4. The van der Waals surface area contributed by atoms with Gasteiger partial charge in [0.15, 0.2) is 0 Å². The second kappa shape index (κ2) is 3.38. The first-order chi connectivity index (χ1) is 5.65. The first-order valence-corrected chi connectivity index (χ1v) is 3.41. The van der Waals surface area contributed by atoms with Gasteiger partial charge in [-0.05, 0) is 11.5 Å². The molecule has 1 aromatic carbocycles. The number of anilines is 1. The number of rotatable bonds is 2. The fourth-order valence-corrected chi connectivity index (χ4v) is 0.879. The Kier molecular flexibility index (Phi) is 2.47. The molecule has 0 bridgehead atoms. The average molecular weight is 164 g/mol. The topological polar surface area (TPSA) is 90.3 Å². The standard InChI is InChI=1S/C7H9BN2O2/c9-4-5-3-6(8(11)12)1-2-7(5)10/h1-4,9,11-12H,10H2. The molecule has 5 N–H and O–H groups in total. The number of nitrogen functional groups attached to an aromatic ring is 1. The maximum Gasteiger partial charge on any atom is 0.488 e. The minimum atomic E-state index is -1.51. The van der Waals surface area contributed by atoms with Gasteiger partial charge < -0.3 is 21.2 Å². The van der Waals surface area contributed by atoms with Crippen molar-refractivity contribution < 1.29 is 10.0 Å². The minimum Gasteiger partial charge on any atom is -0.423 e. The zero-order valence-corrected chi connectivity index (χ0v) is 6.36. The second-order valence-corrected chi connectivity index (χ2v) is 2.41. The lowest BCUT2D eigenvalue weighted by molar-refractivity contribution is 0.426. The second-order valence-electron chi connectivity index (χ2n) is 2.41. The van der Waals surface area contributed by atoms with Crippen LogP contribution in [-0.4, -0.2) is 23.4 Å². The Balaban J connectivity index is 3.13. The normalized spacial score (nSPS) is 9.50. The molecule has 0 aliphatic heterocycles. The van der Waals surface area contributed by atoms with E-state index in [1.54, 1.807) is 0 Å². The molecule has 62 valence electrons. The number of benzene rings is 1. The highest BCUT2D eigenvalue weighted by Crippen LogP contribution is 2.05. The Morgan fingerprint density at radius 1 is 1.42 bits per heavy atom. The average Bonchev–Trinajstić information content (AvgIpc) is 2.05. The van der Waals surface area contributed by atoms with Gasteiger partial charge in [0.2, 0.25) is 0 Å². The lowest BCUT2D eigenvalue weighted by Gasteiger charge is -2.02. The number of hydrogen-bond donors (Lipinski definition) is 4. The molecule has 0 fully saturated rings. The van der Waals surface area contributed by atoms with E-state index in [1.807, 2.05) is 0 Å². The van der Waals surface area contributed by atoms with Gasteiger partial charge in [0.05, 0.1) is 0 Å². The summed E-state index contributed by atoms with van der Waals surface area (Å²) < 4.78 is 0. The number of nitrogens with one attached hydrogen (secondary N) is 1. The molecule has 0 amide bonds. The van der Waals surface area contributed by atoms with Crippen molar-refractivity contribution in [1.29, 1.82) is 5.41 Å². The Morgan fingerprint density at radius 3 is 2.58 bits per heavy atom. The van der Waals surface area contributed by atoms with Crippen LogP contribution in [0.3, 0.4) is 0 Å². The molecule has 5 heteroatoms. The quantitative estimate of drug-likeness (QED) is 0.255. The lowest BCUT2D eigenvalue weighted by atomic mass is 9.79. The van der Waals surface area contributed by atoms with Gasteiger partial charge in [-0.1, -0.05) is 12.1 Å². The summed E-state index contributed by atoms with van der Waals surface area (Å²) >= 11 is 0. The van der Waals surface area contributed by atoms with Gasteiger partial charge in [0.25, 0.3) is 0 Å². The van der Waals surface area contributed by atoms with Gasteiger partial charge >= 0.3 is 7.12 Å². The van der Waals surface area contributed by atoms with Gasteiger partial charge in [-0.3, -0.25) is 0 Å². The fraction of sp³-hybridized carbons (Fsp3) is 0. The summed E-state index contributed by atoms with van der Waals surface area (Å²) in [5, 5.41) is 24.5. The van der Waals surface area contributed by atoms with E-state index < -0.39 is 7.12 Å². The first-order valence-electron chi connectivity index (χ1n) is 3.41. The molecular weight excluding hydrogens is 155 g/mol. The molecule has 0 saturated heterocycles. The van der Waals surface area contributed by atoms with Crippen molar-refractivity contribution in [2.45, 2.75) is 0 Å². The predicted octanol–water partition coefficient (Wildman–Crippen LogP) is -1.05. The molecule has 4 nitrogen and oxygen atoms in total. The fourth-order valence-electron chi connectivity index (χ4n) is 0.879. The van der Waals surface area contributed by atoms with E-state index in [1.165, 1.54) is 18.2 Å². The number of hydrogen-bond acceptors (Lipinski definition) is 4. The SMILES string of the molecule is N=Cc1cc(B(O)O)ccc1N. The summed E-state index contributed by atoms with van der Waals surface area (Å²) in [6.45, 7) is 0. The molecule has 0 aliphatic rings. The molecule has 0 spiro atoms. The van der Waals surface area contributed by atoms with Crippen molar-refractivity contribution in [2.75, 3.05) is 5.73 Å². The van der Waals surface area contributed by atoms with Crippen LogP contribution >= 0.6 is 0 Å². The van der Waals surface area contributed by atoms with Crippen LogP contribution in [0.5, 0.6) is 0 Å².